The number of thiazole rings is 1. The Hall–Kier alpha value is -1.87. The topological polar surface area (TPSA) is 51.6 Å². The number of benzene rings is 1. The van der Waals surface area contributed by atoms with Crippen LogP contribution in [0.3, 0.4) is 0 Å². The smallest absolute Gasteiger partial charge is 0.387 e. The van der Waals surface area contributed by atoms with Crippen LogP contribution in [0.4, 0.5) is 17.6 Å². The number of aliphatic hydroxyl groups excluding tert-OH is 1. The number of aliphatic hydroxyl groups is 1. The minimum absolute atomic E-state index is 0.0816. The molecule has 21 heavy (non-hydrogen) atoms. The van der Waals surface area contributed by atoms with E-state index in [1.54, 1.807) is 0 Å². The highest BCUT2D eigenvalue weighted by Gasteiger charge is 2.16. The molecule has 0 atom stereocenters. The van der Waals surface area contributed by atoms with Gasteiger partial charge in [-0.05, 0) is 18.2 Å². The molecule has 0 aliphatic heterocycles. The first-order valence-electron chi connectivity index (χ1n) is 5.59. The van der Waals surface area contributed by atoms with Crippen molar-refractivity contribution in [3.05, 3.63) is 29.3 Å². The molecule has 0 amide bonds. The highest BCUT2D eigenvalue weighted by Crippen LogP contribution is 2.37. The summed E-state index contributed by atoms with van der Waals surface area (Å²) in [5.41, 5.74) is 0.0816. The minimum atomic E-state index is -3.07. The van der Waals surface area contributed by atoms with Gasteiger partial charge in [-0.15, -0.1) is 11.3 Å². The Labute approximate surface area is 120 Å². The van der Waals surface area contributed by atoms with Gasteiger partial charge in [0.1, 0.15) is 16.5 Å². The third-order valence-corrected chi connectivity index (χ3v) is 3.35. The Bertz CT molecular complexity index is 606. The Morgan fingerprint density at radius 2 is 1.86 bits per heavy atom. The number of hydrogen-bond donors (Lipinski definition) is 1. The maximum Gasteiger partial charge on any atom is 0.387 e. The van der Waals surface area contributed by atoms with E-state index in [9.17, 15) is 17.6 Å². The summed E-state index contributed by atoms with van der Waals surface area (Å²) < 4.78 is 57.7. The summed E-state index contributed by atoms with van der Waals surface area (Å²) in [5.74, 6) is -0.423. The summed E-state index contributed by atoms with van der Waals surface area (Å²) in [6.45, 7) is -6.37. The van der Waals surface area contributed by atoms with E-state index in [2.05, 4.69) is 14.5 Å². The molecule has 4 nitrogen and oxygen atoms in total. The molecule has 1 heterocycles. The molecule has 1 aromatic carbocycles. The molecule has 0 unspecified atom stereocenters. The van der Waals surface area contributed by atoms with Gasteiger partial charge in [0, 0.05) is 6.20 Å². The Morgan fingerprint density at radius 3 is 2.43 bits per heavy atom. The van der Waals surface area contributed by atoms with Crippen molar-refractivity contribution in [2.24, 2.45) is 0 Å². The lowest BCUT2D eigenvalue weighted by Gasteiger charge is -2.11. The molecule has 0 bridgehead atoms. The predicted molar refractivity (Wildman–Crippen MR) is 66.7 cm³/mol. The molecule has 9 heteroatoms. The molecule has 0 radical (unpaired) electrons. The molecular formula is C12H9F4NO3S. The van der Waals surface area contributed by atoms with Crippen molar-refractivity contribution in [2.75, 3.05) is 0 Å². The molecule has 2 rings (SSSR count). The fourth-order valence-corrected chi connectivity index (χ4v) is 2.35. The Morgan fingerprint density at radius 1 is 1.14 bits per heavy atom. The third kappa shape index (κ3) is 4.05. The van der Waals surface area contributed by atoms with Crippen molar-refractivity contribution >= 4 is 11.3 Å². The van der Waals surface area contributed by atoms with Crippen LogP contribution in [0.5, 0.6) is 11.5 Å². The molecule has 114 valence electrons. The van der Waals surface area contributed by atoms with Crippen LogP contribution in [0, 0.1) is 0 Å². The van der Waals surface area contributed by atoms with Crippen molar-refractivity contribution < 1.29 is 32.1 Å². The van der Waals surface area contributed by atoms with E-state index in [4.69, 9.17) is 5.11 Å². The van der Waals surface area contributed by atoms with E-state index >= 15 is 0 Å². The quantitative estimate of drug-likeness (QED) is 0.827. The van der Waals surface area contributed by atoms with Crippen LogP contribution in [-0.4, -0.2) is 23.3 Å². The average Bonchev–Trinajstić information content (AvgIpc) is 2.88. The van der Waals surface area contributed by atoms with Crippen LogP contribution in [0.25, 0.3) is 10.6 Å². The Kier molecular flexibility index (Phi) is 4.97. The van der Waals surface area contributed by atoms with E-state index in [0.29, 0.717) is 4.88 Å². The molecule has 2 aromatic rings. The number of alkyl halides is 4. The van der Waals surface area contributed by atoms with Gasteiger partial charge >= 0.3 is 13.2 Å². The maximum atomic E-state index is 12.4. The maximum absolute atomic E-state index is 12.4. The molecule has 0 spiro atoms. The van der Waals surface area contributed by atoms with Gasteiger partial charge in [-0.1, -0.05) is 0 Å². The number of nitrogens with zero attached hydrogens (tertiary/aromatic N) is 1. The number of rotatable bonds is 6. The fourth-order valence-electron chi connectivity index (χ4n) is 1.56. The molecule has 0 fully saturated rings. The summed E-state index contributed by atoms with van der Waals surface area (Å²) in [4.78, 5) is 4.43. The highest BCUT2D eigenvalue weighted by atomic mass is 32.1. The van der Waals surface area contributed by atoms with Gasteiger partial charge in [0.2, 0.25) is 0 Å². The van der Waals surface area contributed by atoms with Crippen molar-refractivity contribution in [1.82, 2.24) is 4.98 Å². The first kappa shape index (κ1) is 15.5. The van der Waals surface area contributed by atoms with Crippen LogP contribution >= 0.6 is 11.3 Å². The van der Waals surface area contributed by atoms with Gasteiger partial charge in [0.15, 0.2) is 0 Å². The lowest BCUT2D eigenvalue weighted by molar-refractivity contribution is -0.0526. The summed E-state index contributed by atoms with van der Waals surface area (Å²) in [7, 11) is 0. The second-order valence-electron chi connectivity index (χ2n) is 3.70. The number of halogens is 4. The summed E-state index contributed by atoms with van der Waals surface area (Å²) in [5, 5.41) is 9.23. The molecule has 0 aliphatic carbocycles. The number of ether oxygens (including phenoxy) is 2. The monoisotopic (exact) mass is 323 g/mol. The zero-order valence-electron chi connectivity index (χ0n) is 10.3. The molecule has 0 saturated heterocycles. The van der Waals surface area contributed by atoms with Crippen LogP contribution in [-0.2, 0) is 6.61 Å². The molecule has 1 aromatic heterocycles. The van der Waals surface area contributed by atoms with Crippen molar-refractivity contribution in [1.29, 1.82) is 0 Å². The first-order chi connectivity index (χ1) is 9.99. The van der Waals surface area contributed by atoms with Gasteiger partial charge in [-0.2, -0.15) is 17.6 Å². The first-order valence-corrected chi connectivity index (χ1v) is 6.41. The second-order valence-corrected chi connectivity index (χ2v) is 4.82. The van der Waals surface area contributed by atoms with E-state index < -0.39 is 13.2 Å². The number of aromatic nitrogens is 1. The van der Waals surface area contributed by atoms with Crippen molar-refractivity contribution in [3.63, 3.8) is 0 Å². The minimum Gasteiger partial charge on any atom is -0.435 e. The normalized spacial score (nSPS) is 11.2. The van der Waals surface area contributed by atoms with Gasteiger partial charge in [-0.3, -0.25) is 0 Å². The zero-order chi connectivity index (χ0) is 15.4. The highest BCUT2D eigenvalue weighted by molar-refractivity contribution is 7.15. The van der Waals surface area contributed by atoms with Crippen molar-refractivity contribution in [3.8, 4) is 22.1 Å². The summed E-state index contributed by atoms with van der Waals surface area (Å²) in [6, 6.07) is 3.32. The SMILES string of the molecule is OCc1cnc(-c2cc(OC(F)F)ccc2OC(F)F)s1. The summed E-state index contributed by atoms with van der Waals surface area (Å²) >= 11 is 1.03. The van der Waals surface area contributed by atoms with Gasteiger partial charge in [-0.25, -0.2) is 4.98 Å². The summed E-state index contributed by atoms with van der Waals surface area (Å²) in [6.07, 6.45) is 1.35. The molecule has 0 aliphatic rings. The van der Waals surface area contributed by atoms with E-state index in [1.807, 2.05) is 0 Å². The molecule has 0 saturated carbocycles. The van der Waals surface area contributed by atoms with Crippen LogP contribution in [0.15, 0.2) is 24.4 Å². The predicted octanol–water partition coefficient (Wildman–Crippen LogP) is 3.51. The Balaban J connectivity index is 2.41. The van der Waals surface area contributed by atoms with E-state index in [0.717, 1.165) is 29.5 Å². The van der Waals surface area contributed by atoms with E-state index in [1.165, 1.54) is 6.20 Å². The average molecular weight is 323 g/mol. The lowest BCUT2D eigenvalue weighted by atomic mass is 10.2. The van der Waals surface area contributed by atoms with Crippen LogP contribution in [0.1, 0.15) is 4.88 Å². The van der Waals surface area contributed by atoms with Gasteiger partial charge in [0.05, 0.1) is 17.0 Å². The van der Waals surface area contributed by atoms with E-state index in [-0.39, 0.29) is 28.7 Å². The number of hydrogen-bond acceptors (Lipinski definition) is 5. The molecule has 1 N–H and O–H groups in total. The van der Waals surface area contributed by atoms with Crippen molar-refractivity contribution in [2.45, 2.75) is 19.8 Å². The largest absolute Gasteiger partial charge is 0.435 e. The van der Waals surface area contributed by atoms with Crippen LogP contribution in [0.2, 0.25) is 0 Å². The second kappa shape index (κ2) is 6.72. The lowest BCUT2D eigenvalue weighted by Crippen LogP contribution is -2.05. The third-order valence-electron chi connectivity index (χ3n) is 2.33. The zero-order valence-corrected chi connectivity index (χ0v) is 11.1. The van der Waals surface area contributed by atoms with Crippen LogP contribution < -0.4 is 9.47 Å². The fraction of sp³-hybridized carbons (Fsp3) is 0.250. The van der Waals surface area contributed by atoms with Gasteiger partial charge in [0.25, 0.3) is 0 Å². The van der Waals surface area contributed by atoms with Gasteiger partial charge < -0.3 is 14.6 Å². The standard InChI is InChI=1S/C12H9F4NO3S/c13-11(14)19-6-1-2-9(20-12(15)16)8(3-6)10-17-4-7(5-18)21-10/h1-4,11-12,18H,5H2. The molecular weight excluding hydrogens is 314 g/mol.